The summed E-state index contributed by atoms with van der Waals surface area (Å²) in [5, 5.41) is 9.29. The fourth-order valence-corrected chi connectivity index (χ4v) is 2.58. The molecule has 1 aliphatic heterocycles. The molecule has 9 heteroatoms. The lowest BCUT2D eigenvalue weighted by Gasteiger charge is -2.40. The van der Waals surface area contributed by atoms with Gasteiger partial charge >= 0.3 is 6.09 Å². The van der Waals surface area contributed by atoms with E-state index in [4.69, 9.17) is 4.74 Å². The van der Waals surface area contributed by atoms with Crippen molar-refractivity contribution in [2.75, 3.05) is 25.5 Å². The van der Waals surface area contributed by atoms with Crippen molar-refractivity contribution < 1.29 is 14.3 Å². The quantitative estimate of drug-likeness (QED) is 0.334. The van der Waals surface area contributed by atoms with E-state index >= 15 is 0 Å². The second-order valence-electron chi connectivity index (χ2n) is 7.53. The number of aliphatic imine (C=N–C) groups is 1. The topological polar surface area (TPSA) is 95.1 Å². The summed E-state index contributed by atoms with van der Waals surface area (Å²) in [7, 11) is 1.70. The lowest BCUT2D eigenvalue weighted by atomic mass is 10.1. The molecule has 0 aliphatic carbocycles. The molecule has 0 unspecified atom stereocenters. The van der Waals surface area contributed by atoms with Gasteiger partial charge in [-0.15, -0.1) is 24.0 Å². The summed E-state index contributed by atoms with van der Waals surface area (Å²) >= 11 is 0. The van der Waals surface area contributed by atoms with E-state index in [1.165, 1.54) is 6.92 Å². The van der Waals surface area contributed by atoms with Gasteiger partial charge in [-0.25, -0.2) is 4.79 Å². The van der Waals surface area contributed by atoms with Gasteiger partial charge < -0.3 is 25.6 Å². The Morgan fingerprint density at radius 1 is 1.29 bits per heavy atom. The average Bonchev–Trinajstić information content (AvgIpc) is 2.51. The normalized spacial score (nSPS) is 14.5. The first kappa shape index (κ1) is 24.0. The van der Waals surface area contributed by atoms with E-state index in [0.29, 0.717) is 25.6 Å². The first-order valence-electron chi connectivity index (χ1n) is 8.98. The zero-order chi connectivity index (χ0) is 20.0. The van der Waals surface area contributed by atoms with Crippen LogP contribution in [0.1, 0.15) is 33.3 Å². The van der Waals surface area contributed by atoms with Crippen molar-refractivity contribution in [3.63, 3.8) is 0 Å². The molecule has 2 rings (SSSR count). The molecule has 1 heterocycles. The lowest BCUT2D eigenvalue weighted by molar-refractivity contribution is -0.114. The standard InChI is InChI=1S/C19H29N5O3.HI/c1-13(25)22-15-8-6-7-14(9-15)10-21-17(20-5)23-16-11-24(12-16)18(26)27-19(2,3)4;/h6-9,16H,10-12H2,1-5H3,(H,22,25)(H2,20,21,23);1H. The van der Waals surface area contributed by atoms with Crippen molar-refractivity contribution in [2.45, 2.75) is 45.9 Å². The van der Waals surface area contributed by atoms with Gasteiger partial charge in [0.05, 0.1) is 6.04 Å². The van der Waals surface area contributed by atoms with Crippen LogP contribution >= 0.6 is 24.0 Å². The number of hydrogen-bond donors (Lipinski definition) is 3. The number of halogens is 1. The van der Waals surface area contributed by atoms with Gasteiger partial charge in [0.25, 0.3) is 0 Å². The van der Waals surface area contributed by atoms with Crippen LogP contribution in [-0.4, -0.2) is 54.6 Å². The molecular formula is C19H30IN5O3. The van der Waals surface area contributed by atoms with E-state index in [2.05, 4.69) is 20.9 Å². The lowest BCUT2D eigenvalue weighted by Crippen LogP contribution is -2.63. The predicted octanol–water partition coefficient (Wildman–Crippen LogP) is 2.55. The van der Waals surface area contributed by atoms with Gasteiger partial charge in [0.15, 0.2) is 5.96 Å². The molecule has 1 aromatic carbocycles. The molecule has 1 aromatic rings. The van der Waals surface area contributed by atoms with Crippen LogP contribution in [0, 0.1) is 0 Å². The molecule has 1 fully saturated rings. The predicted molar refractivity (Wildman–Crippen MR) is 121 cm³/mol. The number of nitrogens with one attached hydrogen (secondary N) is 3. The van der Waals surface area contributed by atoms with Gasteiger partial charge in [-0.05, 0) is 38.5 Å². The smallest absolute Gasteiger partial charge is 0.410 e. The Kier molecular flexibility index (Phi) is 8.99. The maximum atomic E-state index is 12.0. The third-order valence-corrected chi connectivity index (χ3v) is 3.80. The molecule has 0 radical (unpaired) electrons. The maximum Gasteiger partial charge on any atom is 0.410 e. The van der Waals surface area contributed by atoms with E-state index in [1.807, 2.05) is 45.0 Å². The van der Waals surface area contributed by atoms with Gasteiger partial charge in [0.2, 0.25) is 5.91 Å². The van der Waals surface area contributed by atoms with Crippen molar-refractivity contribution in [1.29, 1.82) is 0 Å². The molecule has 28 heavy (non-hydrogen) atoms. The number of ether oxygens (including phenoxy) is 1. The Bertz CT molecular complexity index is 712. The average molecular weight is 503 g/mol. The van der Waals surface area contributed by atoms with Crippen LogP contribution in [0.3, 0.4) is 0 Å². The molecule has 0 saturated carbocycles. The van der Waals surface area contributed by atoms with Gasteiger partial charge in [-0.2, -0.15) is 0 Å². The molecule has 0 bridgehead atoms. The molecule has 0 spiro atoms. The zero-order valence-corrected chi connectivity index (χ0v) is 19.4. The number of likely N-dealkylation sites (tertiary alicyclic amines) is 1. The van der Waals surface area contributed by atoms with Crippen molar-refractivity contribution in [3.8, 4) is 0 Å². The number of benzene rings is 1. The molecule has 3 N–H and O–H groups in total. The highest BCUT2D eigenvalue weighted by atomic mass is 127. The molecule has 2 amide bonds. The fraction of sp³-hybridized carbons (Fsp3) is 0.526. The number of rotatable bonds is 4. The Balaban J connectivity index is 0.00000392. The molecule has 1 aliphatic rings. The van der Waals surface area contributed by atoms with E-state index in [9.17, 15) is 9.59 Å². The number of nitrogens with zero attached hydrogens (tertiary/aromatic N) is 2. The van der Waals surface area contributed by atoms with E-state index in [0.717, 1.165) is 11.3 Å². The largest absolute Gasteiger partial charge is 0.444 e. The number of hydrogen-bond acceptors (Lipinski definition) is 4. The molecule has 1 saturated heterocycles. The summed E-state index contributed by atoms with van der Waals surface area (Å²) < 4.78 is 5.35. The van der Waals surface area contributed by atoms with Crippen LogP contribution in [0.2, 0.25) is 0 Å². The molecule has 156 valence electrons. The molecule has 8 nitrogen and oxygen atoms in total. The minimum absolute atomic E-state index is 0. The zero-order valence-electron chi connectivity index (χ0n) is 17.0. The Morgan fingerprint density at radius 2 is 1.96 bits per heavy atom. The minimum atomic E-state index is -0.487. The monoisotopic (exact) mass is 503 g/mol. The van der Waals surface area contributed by atoms with Crippen LogP contribution in [0.25, 0.3) is 0 Å². The second-order valence-corrected chi connectivity index (χ2v) is 7.53. The van der Waals surface area contributed by atoms with Crippen molar-refractivity contribution >= 4 is 47.6 Å². The van der Waals surface area contributed by atoms with Crippen molar-refractivity contribution in [3.05, 3.63) is 29.8 Å². The van der Waals surface area contributed by atoms with Gasteiger partial charge in [0, 0.05) is 39.3 Å². The highest BCUT2D eigenvalue weighted by Crippen LogP contribution is 2.15. The Morgan fingerprint density at radius 3 is 2.54 bits per heavy atom. The van der Waals surface area contributed by atoms with Gasteiger partial charge in [-0.3, -0.25) is 9.79 Å². The summed E-state index contributed by atoms with van der Waals surface area (Å²) in [5.41, 5.74) is 1.30. The number of carbonyl (C=O) groups is 2. The summed E-state index contributed by atoms with van der Waals surface area (Å²) in [4.78, 5) is 29.0. The summed E-state index contributed by atoms with van der Waals surface area (Å²) in [6, 6.07) is 7.75. The van der Waals surface area contributed by atoms with Gasteiger partial charge in [-0.1, -0.05) is 12.1 Å². The minimum Gasteiger partial charge on any atom is -0.444 e. The van der Waals surface area contributed by atoms with Crippen LogP contribution < -0.4 is 16.0 Å². The fourth-order valence-electron chi connectivity index (χ4n) is 2.58. The van der Waals surface area contributed by atoms with Crippen LogP contribution in [0.4, 0.5) is 10.5 Å². The summed E-state index contributed by atoms with van der Waals surface area (Å²) in [6.45, 7) is 8.76. The van der Waals surface area contributed by atoms with Crippen molar-refractivity contribution in [1.82, 2.24) is 15.5 Å². The third-order valence-electron chi connectivity index (χ3n) is 3.80. The van der Waals surface area contributed by atoms with Crippen LogP contribution in [-0.2, 0) is 16.1 Å². The molecule has 0 atom stereocenters. The number of amides is 2. The first-order valence-corrected chi connectivity index (χ1v) is 8.98. The second kappa shape index (κ2) is 10.5. The van der Waals surface area contributed by atoms with Crippen molar-refractivity contribution in [2.24, 2.45) is 4.99 Å². The van der Waals surface area contributed by atoms with Crippen LogP contribution in [0.5, 0.6) is 0 Å². The Hall–Kier alpha value is -2.04. The summed E-state index contributed by atoms with van der Waals surface area (Å²) in [5.74, 6) is 0.561. The van der Waals surface area contributed by atoms with E-state index < -0.39 is 5.60 Å². The van der Waals surface area contributed by atoms with Gasteiger partial charge in [0.1, 0.15) is 5.60 Å². The first-order chi connectivity index (χ1) is 12.7. The summed E-state index contributed by atoms with van der Waals surface area (Å²) in [6.07, 6.45) is -0.293. The van der Waals surface area contributed by atoms with E-state index in [1.54, 1.807) is 11.9 Å². The van der Waals surface area contributed by atoms with Crippen LogP contribution in [0.15, 0.2) is 29.3 Å². The molecular weight excluding hydrogens is 473 g/mol. The number of carbonyl (C=O) groups excluding carboxylic acids is 2. The SMILES string of the molecule is CN=C(NCc1cccc(NC(C)=O)c1)NC1CN(C(=O)OC(C)(C)C)C1.I. The highest BCUT2D eigenvalue weighted by Gasteiger charge is 2.34. The maximum absolute atomic E-state index is 12.0. The Labute approximate surface area is 183 Å². The number of guanidine groups is 1. The number of anilines is 1. The van der Waals surface area contributed by atoms with E-state index in [-0.39, 0.29) is 42.0 Å². The third kappa shape index (κ3) is 7.91. The highest BCUT2D eigenvalue weighted by molar-refractivity contribution is 14.0. The molecule has 0 aromatic heterocycles.